The van der Waals surface area contributed by atoms with Crippen molar-refractivity contribution in [1.29, 1.82) is 0 Å². The fourth-order valence-corrected chi connectivity index (χ4v) is 2.37. The summed E-state index contributed by atoms with van der Waals surface area (Å²) in [6.45, 7) is 0. The molecule has 1 heterocycles. The summed E-state index contributed by atoms with van der Waals surface area (Å²) >= 11 is 0. The molecular formula is C18H15FN2O2. The van der Waals surface area contributed by atoms with Gasteiger partial charge in [-0.15, -0.1) is 0 Å². The van der Waals surface area contributed by atoms with Crippen LogP contribution in [0.2, 0.25) is 0 Å². The summed E-state index contributed by atoms with van der Waals surface area (Å²) in [5, 5.41) is 1.91. The summed E-state index contributed by atoms with van der Waals surface area (Å²) < 4.78 is 13.1. The minimum Gasteiger partial charge on any atom is -0.274 e. The highest BCUT2D eigenvalue weighted by atomic mass is 19.1. The van der Waals surface area contributed by atoms with Gasteiger partial charge in [-0.05, 0) is 36.4 Å². The zero-order valence-electron chi connectivity index (χ0n) is 12.8. The maximum Gasteiger partial charge on any atom is 0.277 e. The molecule has 116 valence electrons. The van der Waals surface area contributed by atoms with Gasteiger partial charge in [0.25, 0.3) is 5.91 Å². The minimum atomic E-state index is -0.315. The van der Waals surface area contributed by atoms with Crippen molar-refractivity contribution in [2.75, 3.05) is 14.2 Å². The van der Waals surface area contributed by atoms with Crippen LogP contribution in [0.25, 0.3) is 22.2 Å². The van der Waals surface area contributed by atoms with Crippen LogP contribution in [-0.4, -0.2) is 30.1 Å². The highest BCUT2D eigenvalue weighted by Crippen LogP contribution is 2.25. The molecule has 2 aromatic carbocycles. The summed E-state index contributed by atoms with van der Waals surface area (Å²) in [4.78, 5) is 22.1. The van der Waals surface area contributed by atoms with Crippen LogP contribution in [0.3, 0.4) is 0 Å². The van der Waals surface area contributed by atoms with Crippen LogP contribution in [0.1, 0.15) is 10.4 Å². The smallest absolute Gasteiger partial charge is 0.274 e. The van der Waals surface area contributed by atoms with Gasteiger partial charge in [0, 0.05) is 18.0 Å². The lowest BCUT2D eigenvalue weighted by molar-refractivity contribution is -0.0755. The summed E-state index contributed by atoms with van der Waals surface area (Å²) in [6.07, 6.45) is 0. The third-order valence-corrected chi connectivity index (χ3v) is 3.65. The molecule has 0 spiro atoms. The van der Waals surface area contributed by atoms with Crippen LogP contribution >= 0.6 is 0 Å². The minimum absolute atomic E-state index is 0.269. The summed E-state index contributed by atoms with van der Waals surface area (Å²) in [5.41, 5.74) is 2.53. The number of nitrogens with zero attached hydrogens (tertiary/aromatic N) is 2. The standard InChI is InChI=1S/C18H15FN2O2/c1-21(23-2)18(22)15-11-17(12-7-9-13(19)10-8-12)20-16-6-4-3-5-14(15)16/h3-11H,1-2H3. The van der Waals surface area contributed by atoms with Gasteiger partial charge < -0.3 is 0 Å². The van der Waals surface area contributed by atoms with Crippen LogP contribution in [-0.2, 0) is 4.84 Å². The average Bonchev–Trinajstić information content (AvgIpc) is 2.60. The topological polar surface area (TPSA) is 42.4 Å². The fraction of sp³-hybridized carbons (Fsp3) is 0.111. The molecule has 1 amide bonds. The van der Waals surface area contributed by atoms with Crippen LogP contribution in [0, 0.1) is 5.82 Å². The number of hydroxylamine groups is 2. The number of rotatable bonds is 3. The Morgan fingerprint density at radius 1 is 1.13 bits per heavy atom. The Morgan fingerprint density at radius 3 is 2.52 bits per heavy atom. The Labute approximate surface area is 133 Å². The first kappa shape index (κ1) is 15.1. The van der Waals surface area contributed by atoms with E-state index < -0.39 is 0 Å². The molecule has 0 N–H and O–H groups in total. The number of aromatic nitrogens is 1. The molecule has 0 atom stereocenters. The molecule has 4 nitrogen and oxygen atoms in total. The quantitative estimate of drug-likeness (QED) is 0.693. The van der Waals surface area contributed by atoms with Crippen LogP contribution in [0.5, 0.6) is 0 Å². The molecule has 0 aliphatic heterocycles. The van der Waals surface area contributed by atoms with E-state index >= 15 is 0 Å². The molecule has 0 bridgehead atoms. The number of amides is 1. The van der Waals surface area contributed by atoms with E-state index in [2.05, 4.69) is 4.98 Å². The Kier molecular flexibility index (Phi) is 4.04. The second kappa shape index (κ2) is 6.14. The summed E-state index contributed by atoms with van der Waals surface area (Å²) in [6, 6.07) is 15.1. The third-order valence-electron chi connectivity index (χ3n) is 3.65. The lowest BCUT2D eigenvalue weighted by Gasteiger charge is -2.16. The van der Waals surface area contributed by atoms with Crippen LogP contribution in [0.4, 0.5) is 4.39 Å². The van der Waals surface area contributed by atoms with Crippen molar-refractivity contribution < 1.29 is 14.0 Å². The molecule has 1 aromatic heterocycles. The van der Waals surface area contributed by atoms with E-state index in [1.807, 2.05) is 24.3 Å². The Bertz CT molecular complexity index is 863. The molecule has 5 heteroatoms. The van der Waals surface area contributed by atoms with Crippen molar-refractivity contribution in [3.63, 3.8) is 0 Å². The highest BCUT2D eigenvalue weighted by Gasteiger charge is 2.17. The molecule has 3 aromatic rings. The second-order valence-electron chi connectivity index (χ2n) is 5.06. The van der Waals surface area contributed by atoms with Crippen molar-refractivity contribution in [2.24, 2.45) is 0 Å². The Morgan fingerprint density at radius 2 is 1.83 bits per heavy atom. The van der Waals surface area contributed by atoms with E-state index in [0.717, 1.165) is 16.0 Å². The van der Waals surface area contributed by atoms with Crippen molar-refractivity contribution in [2.45, 2.75) is 0 Å². The van der Waals surface area contributed by atoms with E-state index in [-0.39, 0.29) is 11.7 Å². The van der Waals surface area contributed by atoms with E-state index in [1.165, 1.54) is 19.2 Å². The molecule has 0 radical (unpaired) electrons. The predicted molar refractivity (Wildman–Crippen MR) is 86.2 cm³/mol. The third kappa shape index (κ3) is 2.91. The second-order valence-corrected chi connectivity index (χ2v) is 5.06. The van der Waals surface area contributed by atoms with Gasteiger partial charge in [-0.2, -0.15) is 0 Å². The molecule has 0 aliphatic carbocycles. The number of halogens is 1. The number of pyridine rings is 1. The van der Waals surface area contributed by atoms with Gasteiger partial charge in [0.15, 0.2) is 0 Å². The normalized spacial score (nSPS) is 10.7. The fourth-order valence-electron chi connectivity index (χ4n) is 2.37. The number of carbonyl (C=O) groups excluding carboxylic acids is 1. The molecule has 0 saturated carbocycles. The number of hydrogen-bond acceptors (Lipinski definition) is 3. The average molecular weight is 310 g/mol. The molecule has 0 aliphatic rings. The zero-order valence-corrected chi connectivity index (χ0v) is 12.8. The number of hydrogen-bond donors (Lipinski definition) is 0. The number of fused-ring (bicyclic) bond motifs is 1. The SMILES string of the molecule is CON(C)C(=O)c1cc(-c2ccc(F)cc2)nc2ccccc12. The van der Waals surface area contributed by atoms with Gasteiger partial charge in [-0.1, -0.05) is 18.2 Å². The van der Waals surface area contributed by atoms with Gasteiger partial charge >= 0.3 is 0 Å². The maximum atomic E-state index is 13.1. The number of para-hydroxylation sites is 1. The monoisotopic (exact) mass is 310 g/mol. The largest absolute Gasteiger partial charge is 0.277 e. The van der Waals surface area contributed by atoms with Gasteiger partial charge in [-0.25, -0.2) is 14.4 Å². The first-order valence-corrected chi connectivity index (χ1v) is 7.08. The highest BCUT2D eigenvalue weighted by molar-refractivity contribution is 6.06. The molecule has 23 heavy (non-hydrogen) atoms. The number of carbonyl (C=O) groups is 1. The van der Waals surface area contributed by atoms with Crippen molar-refractivity contribution in [3.05, 3.63) is 66.0 Å². The van der Waals surface area contributed by atoms with E-state index in [0.29, 0.717) is 16.8 Å². The molecule has 0 fully saturated rings. The van der Waals surface area contributed by atoms with Crippen molar-refractivity contribution >= 4 is 16.8 Å². The first-order chi connectivity index (χ1) is 11.1. The lowest BCUT2D eigenvalue weighted by Crippen LogP contribution is -2.25. The van der Waals surface area contributed by atoms with E-state index in [1.54, 1.807) is 25.2 Å². The maximum absolute atomic E-state index is 13.1. The summed E-state index contributed by atoms with van der Waals surface area (Å²) in [5.74, 6) is -0.584. The Hall–Kier alpha value is -2.79. The van der Waals surface area contributed by atoms with Gasteiger partial charge in [0.2, 0.25) is 0 Å². The Balaban J connectivity index is 2.21. The number of benzene rings is 2. The van der Waals surface area contributed by atoms with Crippen LogP contribution < -0.4 is 0 Å². The molecular weight excluding hydrogens is 295 g/mol. The zero-order chi connectivity index (χ0) is 16.4. The molecule has 3 rings (SSSR count). The molecule has 0 unspecified atom stereocenters. The van der Waals surface area contributed by atoms with Gasteiger partial charge in [-0.3, -0.25) is 9.63 Å². The van der Waals surface area contributed by atoms with Gasteiger partial charge in [0.05, 0.1) is 23.9 Å². The van der Waals surface area contributed by atoms with Crippen molar-refractivity contribution in [3.8, 4) is 11.3 Å². The van der Waals surface area contributed by atoms with Crippen molar-refractivity contribution in [1.82, 2.24) is 10.0 Å². The summed E-state index contributed by atoms with van der Waals surface area (Å²) in [7, 11) is 2.98. The molecule has 0 saturated heterocycles. The predicted octanol–water partition coefficient (Wildman–Crippen LogP) is 3.67. The van der Waals surface area contributed by atoms with Crippen LogP contribution in [0.15, 0.2) is 54.6 Å². The van der Waals surface area contributed by atoms with E-state index in [4.69, 9.17) is 4.84 Å². The lowest BCUT2D eigenvalue weighted by atomic mass is 10.0. The first-order valence-electron chi connectivity index (χ1n) is 7.08. The van der Waals surface area contributed by atoms with E-state index in [9.17, 15) is 9.18 Å². The van der Waals surface area contributed by atoms with Gasteiger partial charge in [0.1, 0.15) is 5.82 Å².